The first-order chi connectivity index (χ1) is 13.0. The number of nitrogens with one attached hydrogen (secondary N) is 1. The van der Waals surface area contributed by atoms with Crippen LogP contribution in [0.2, 0.25) is 0 Å². The van der Waals surface area contributed by atoms with Gasteiger partial charge >= 0.3 is 11.9 Å². The zero-order chi connectivity index (χ0) is 19.8. The molecule has 2 aromatic rings. The molecule has 0 aliphatic carbocycles. The third kappa shape index (κ3) is 5.62. The van der Waals surface area contributed by atoms with Crippen LogP contribution in [0.25, 0.3) is 10.6 Å². The minimum atomic E-state index is -0.782. The number of benzene rings is 1. The third-order valence-corrected chi connectivity index (χ3v) is 4.94. The van der Waals surface area contributed by atoms with Crippen molar-refractivity contribution in [3.8, 4) is 10.6 Å². The minimum Gasteiger partial charge on any atom is -0.467 e. The van der Waals surface area contributed by atoms with Gasteiger partial charge in [0.25, 0.3) is 5.91 Å². The molecule has 1 aromatic heterocycles. The quantitative estimate of drug-likeness (QED) is 0.697. The number of aromatic nitrogens is 1. The van der Waals surface area contributed by atoms with Gasteiger partial charge in [0.05, 0.1) is 7.11 Å². The molecular formula is C19H22N2O5S. The van der Waals surface area contributed by atoms with Crippen molar-refractivity contribution < 1.29 is 23.9 Å². The first kappa shape index (κ1) is 20.6. The standard InChI is InChI=1S/C19H22N2O5S/c1-4-12(2)16(19(24)25-3)21-15(22)10-26-18(23)14-11-27-17(20-14)13-8-6-5-7-9-13/h5-9,11-12,16H,4,10H2,1-3H3,(H,21,22)/t12-,16+/m1/s1. The predicted octanol–water partition coefficient (Wildman–Crippen LogP) is 2.67. The number of hydrogen-bond acceptors (Lipinski definition) is 7. The highest BCUT2D eigenvalue weighted by molar-refractivity contribution is 7.13. The summed E-state index contributed by atoms with van der Waals surface area (Å²) in [7, 11) is 1.26. The largest absolute Gasteiger partial charge is 0.467 e. The van der Waals surface area contributed by atoms with Crippen molar-refractivity contribution in [1.82, 2.24) is 10.3 Å². The summed E-state index contributed by atoms with van der Waals surface area (Å²) in [5.74, 6) is -1.90. The van der Waals surface area contributed by atoms with Gasteiger partial charge in [-0.1, -0.05) is 50.6 Å². The van der Waals surface area contributed by atoms with E-state index in [0.29, 0.717) is 11.4 Å². The SMILES string of the molecule is CC[C@@H](C)[C@H](NC(=O)COC(=O)c1csc(-c2ccccc2)n1)C(=O)OC. The van der Waals surface area contributed by atoms with E-state index in [1.807, 2.05) is 44.2 Å². The van der Waals surface area contributed by atoms with Crippen molar-refractivity contribution in [1.29, 1.82) is 0 Å². The number of methoxy groups -OCH3 is 1. The maximum absolute atomic E-state index is 12.1. The van der Waals surface area contributed by atoms with Crippen LogP contribution in [-0.2, 0) is 19.1 Å². The summed E-state index contributed by atoms with van der Waals surface area (Å²) in [5.41, 5.74) is 1.03. The second-order valence-electron chi connectivity index (χ2n) is 5.93. The third-order valence-electron chi connectivity index (χ3n) is 4.05. The van der Waals surface area contributed by atoms with E-state index in [1.54, 1.807) is 5.38 Å². The van der Waals surface area contributed by atoms with E-state index in [1.165, 1.54) is 18.4 Å². The van der Waals surface area contributed by atoms with Crippen LogP contribution in [-0.4, -0.2) is 42.6 Å². The Morgan fingerprint density at radius 3 is 2.56 bits per heavy atom. The molecule has 27 heavy (non-hydrogen) atoms. The number of esters is 2. The van der Waals surface area contributed by atoms with Crippen molar-refractivity contribution in [2.75, 3.05) is 13.7 Å². The predicted molar refractivity (Wildman–Crippen MR) is 101 cm³/mol. The highest BCUT2D eigenvalue weighted by Gasteiger charge is 2.27. The Morgan fingerprint density at radius 2 is 1.93 bits per heavy atom. The second-order valence-corrected chi connectivity index (χ2v) is 6.79. The zero-order valence-corrected chi connectivity index (χ0v) is 16.2. The lowest BCUT2D eigenvalue weighted by atomic mass is 9.99. The number of nitrogens with zero attached hydrogens (tertiary/aromatic N) is 1. The second kappa shape index (κ2) is 9.82. The van der Waals surface area contributed by atoms with Crippen molar-refractivity contribution in [2.24, 2.45) is 5.92 Å². The average molecular weight is 390 g/mol. The lowest BCUT2D eigenvalue weighted by Gasteiger charge is -2.21. The smallest absolute Gasteiger partial charge is 0.358 e. The topological polar surface area (TPSA) is 94.6 Å². The van der Waals surface area contributed by atoms with E-state index in [2.05, 4.69) is 10.3 Å². The fourth-order valence-corrected chi connectivity index (χ4v) is 3.09. The normalized spacial score (nSPS) is 12.7. The van der Waals surface area contributed by atoms with Crippen LogP contribution in [0.4, 0.5) is 0 Å². The van der Waals surface area contributed by atoms with Gasteiger partial charge in [0, 0.05) is 10.9 Å². The molecule has 8 heteroatoms. The molecule has 0 fully saturated rings. The first-order valence-corrected chi connectivity index (χ1v) is 9.39. The van der Waals surface area contributed by atoms with E-state index < -0.39 is 30.5 Å². The molecule has 0 saturated carbocycles. The number of carbonyl (C=O) groups is 3. The molecule has 1 amide bonds. The van der Waals surface area contributed by atoms with Crippen LogP contribution in [0.3, 0.4) is 0 Å². The maximum Gasteiger partial charge on any atom is 0.358 e. The summed E-state index contributed by atoms with van der Waals surface area (Å²) in [6.07, 6.45) is 0.681. The van der Waals surface area contributed by atoms with Gasteiger partial charge in [-0.15, -0.1) is 11.3 Å². The Bertz CT molecular complexity index is 790. The van der Waals surface area contributed by atoms with Crippen molar-refractivity contribution in [3.63, 3.8) is 0 Å². The van der Waals surface area contributed by atoms with Gasteiger partial charge in [0.1, 0.15) is 11.0 Å². The van der Waals surface area contributed by atoms with Crippen LogP contribution in [0.1, 0.15) is 30.8 Å². The van der Waals surface area contributed by atoms with E-state index in [9.17, 15) is 14.4 Å². The number of thiazole rings is 1. The Kier molecular flexibility index (Phi) is 7.48. The molecule has 1 N–H and O–H groups in total. The summed E-state index contributed by atoms with van der Waals surface area (Å²) in [5, 5.41) is 4.82. The summed E-state index contributed by atoms with van der Waals surface area (Å²) < 4.78 is 9.71. The zero-order valence-electron chi connectivity index (χ0n) is 15.4. The molecule has 2 atom stereocenters. The highest BCUT2D eigenvalue weighted by Crippen LogP contribution is 2.23. The molecule has 0 aliphatic heterocycles. The van der Waals surface area contributed by atoms with Gasteiger partial charge in [-0.2, -0.15) is 0 Å². The number of hydrogen-bond donors (Lipinski definition) is 1. The molecule has 0 aliphatic rings. The molecule has 1 heterocycles. The molecule has 0 saturated heterocycles. The molecule has 144 valence electrons. The highest BCUT2D eigenvalue weighted by atomic mass is 32.1. The monoisotopic (exact) mass is 390 g/mol. The lowest BCUT2D eigenvalue weighted by molar-refractivity contribution is -0.147. The Balaban J connectivity index is 1.92. The van der Waals surface area contributed by atoms with Gasteiger partial charge in [-0.25, -0.2) is 14.6 Å². The lowest BCUT2D eigenvalue weighted by Crippen LogP contribution is -2.47. The maximum atomic E-state index is 12.1. The van der Waals surface area contributed by atoms with Gasteiger partial charge in [-0.05, 0) is 5.92 Å². The van der Waals surface area contributed by atoms with Gasteiger partial charge < -0.3 is 14.8 Å². The molecular weight excluding hydrogens is 368 g/mol. The number of amides is 1. The molecule has 0 spiro atoms. The minimum absolute atomic E-state index is 0.107. The van der Waals surface area contributed by atoms with Crippen LogP contribution < -0.4 is 5.32 Å². The van der Waals surface area contributed by atoms with Crippen LogP contribution in [0.5, 0.6) is 0 Å². The molecule has 7 nitrogen and oxygen atoms in total. The van der Waals surface area contributed by atoms with Gasteiger partial charge in [-0.3, -0.25) is 4.79 Å². The molecule has 2 rings (SSSR count). The number of carbonyl (C=O) groups excluding carboxylic acids is 3. The summed E-state index contributed by atoms with van der Waals surface area (Å²) in [4.78, 5) is 40.2. The number of ether oxygens (including phenoxy) is 2. The average Bonchev–Trinajstić information content (AvgIpc) is 3.20. The molecule has 0 bridgehead atoms. The van der Waals surface area contributed by atoms with Crippen molar-refractivity contribution in [3.05, 3.63) is 41.4 Å². The first-order valence-electron chi connectivity index (χ1n) is 8.51. The van der Waals surface area contributed by atoms with E-state index >= 15 is 0 Å². The Labute approximate surface area is 161 Å². The summed E-state index contributed by atoms with van der Waals surface area (Å²) >= 11 is 1.32. The van der Waals surface area contributed by atoms with Crippen molar-refractivity contribution >= 4 is 29.2 Å². The summed E-state index contributed by atoms with van der Waals surface area (Å²) in [6.45, 7) is 3.23. The fourth-order valence-electron chi connectivity index (χ4n) is 2.30. The molecule has 0 unspecified atom stereocenters. The van der Waals surface area contributed by atoms with Crippen molar-refractivity contribution in [2.45, 2.75) is 26.3 Å². The fraction of sp³-hybridized carbons (Fsp3) is 0.368. The number of rotatable bonds is 8. The molecule has 0 radical (unpaired) electrons. The van der Waals surface area contributed by atoms with Crippen LogP contribution in [0.15, 0.2) is 35.7 Å². The Hall–Kier alpha value is -2.74. The van der Waals surface area contributed by atoms with E-state index in [-0.39, 0.29) is 11.6 Å². The Morgan fingerprint density at radius 1 is 1.22 bits per heavy atom. The summed E-state index contributed by atoms with van der Waals surface area (Å²) in [6, 6.07) is 8.66. The van der Waals surface area contributed by atoms with Gasteiger partial charge in [0.2, 0.25) is 0 Å². The van der Waals surface area contributed by atoms with Crippen LogP contribution in [0, 0.1) is 5.92 Å². The van der Waals surface area contributed by atoms with E-state index in [4.69, 9.17) is 9.47 Å². The van der Waals surface area contributed by atoms with Crippen LogP contribution >= 0.6 is 11.3 Å². The molecule has 1 aromatic carbocycles. The van der Waals surface area contributed by atoms with Gasteiger partial charge in [0.15, 0.2) is 12.3 Å². The van der Waals surface area contributed by atoms with E-state index in [0.717, 1.165) is 5.56 Å².